The number of aryl methyl sites for hydroxylation is 1. The molecule has 0 aliphatic heterocycles. The molecule has 0 saturated heterocycles. The molecule has 0 aromatic heterocycles. The highest BCUT2D eigenvalue weighted by atomic mass is 19.1. The van der Waals surface area contributed by atoms with Gasteiger partial charge in [-0.05, 0) is 57.4 Å². The minimum absolute atomic E-state index is 0.00870. The van der Waals surface area contributed by atoms with Gasteiger partial charge in [0, 0.05) is 28.8 Å². The Morgan fingerprint density at radius 3 is 2.52 bits per heavy atom. The van der Waals surface area contributed by atoms with Gasteiger partial charge >= 0.3 is 5.97 Å². The first-order valence-electron chi connectivity index (χ1n) is 11.2. The number of carbonyl (C=O) groups excluding carboxylic acids is 1. The number of aliphatic hydroxyl groups is 1. The molecule has 0 fully saturated rings. The van der Waals surface area contributed by atoms with Crippen LogP contribution in [0.3, 0.4) is 0 Å². The maximum atomic E-state index is 14.9. The van der Waals surface area contributed by atoms with Gasteiger partial charge in [0.2, 0.25) is 0 Å². The summed E-state index contributed by atoms with van der Waals surface area (Å²) in [6.45, 7) is 9.44. The largest absolute Gasteiger partial charge is 0.512 e. The summed E-state index contributed by atoms with van der Waals surface area (Å²) in [7, 11) is 0. The van der Waals surface area contributed by atoms with Gasteiger partial charge in [-0.2, -0.15) is 0 Å². The minimum atomic E-state index is -0.451. The monoisotopic (exact) mass is 455 g/mol. The van der Waals surface area contributed by atoms with E-state index in [0.717, 1.165) is 23.1 Å². The number of aliphatic hydroxyl groups excluding tert-OH is 1. The van der Waals surface area contributed by atoms with Crippen molar-refractivity contribution in [3.63, 3.8) is 0 Å². The van der Waals surface area contributed by atoms with Crippen LogP contribution in [0.4, 0.5) is 4.39 Å². The summed E-state index contributed by atoms with van der Waals surface area (Å²) in [5, 5.41) is 10.3. The Bertz CT molecular complexity index is 1040. The van der Waals surface area contributed by atoms with Crippen molar-refractivity contribution < 1.29 is 23.8 Å². The average Bonchev–Trinajstić information content (AvgIpc) is 2.78. The number of halogens is 1. The molecule has 5 nitrogen and oxygen atoms in total. The number of ether oxygens (including phenoxy) is 2. The Morgan fingerprint density at radius 1 is 1.18 bits per heavy atom. The fraction of sp³-hybridized carbons (Fsp3) is 0.370. The van der Waals surface area contributed by atoms with Crippen molar-refractivity contribution in [2.75, 3.05) is 6.61 Å². The summed E-state index contributed by atoms with van der Waals surface area (Å²) in [5.41, 5.74) is 9.25. The van der Waals surface area contributed by atoms with Gasteiger partial charge < -0.3 is 20.3 Å². The molecule has 0 heterocycles. The van der Waals surface area contributed by atoms with Crippen LogP contribution in [0.2, 0.25) is 0 Å². The smallest absolute Gasteiger partial charge is 0.310 e. The van der Waals surface area contributed by atoms with Crippen LogP contribution in [-0.4, -0.2) is 23.8 Å². The highest BCUT2D eigenvalue weighted by Gasteiger charge is 2.17. The Kier molecular flexibility index (Phi) is 9.67. The Hall–Kier alpha value is -3.12. The fourth-order valence-electron chi connectivity index (χ4n) is 3.39. The minimum Gasteiger partial charge on any atom is -0.512 e. The van der Waals surface area contributed by atoms with Crippen LogP contribution in [-0.2, 0) is 28.9 Å². The lowest BCUT2D eigenvalue weighted by Gasteiger charge is -2.20. The third-order valence-corrected chi connectivity index (χ3v) is 5.48. The van der Waals surface area contributed by atoms with E-state index in [4.69, 9.17) is 15.2 Å². The molecule has 2 aromatic rings. The molecule has 2 aromatic carbocycles. The molecular weight excluding hydrogens is 421 g/mol. The zero-order valence-electron chi connectivity index (χ0n) is 20.1. The van der Waals surface area contributed by atoms with Gasteiger partial charge in [0.1, 0.15) is 17.7 Å². The van der Waals surface area contributed by atoms with Gasteiger partial charge in [-0.15, -0.1) is 0 Å². The lowest BCUT2D eigenvalue weighted by molar-refractivity contribution is -0.142. The predicted molar refractivity (Wildman–Crippen MR) is 130 cm³/mol. The molecule has 0 radical (unpaired) electrons. The number of allylic oxidation sites excluding steroid dienone is 3. The highest BCUT2D eigenvalue weighted by Crippen LogP contribution is 2.28. The van der Waals surface area contributed by atoms with Crippen LogP contribution in [0.1, 0.15) is 56.9 Å². The van der Waals surface area contributed by atoms with Crippen LogP contribution in [0.15, 0.2) is 53.8 Å². The quantitative estimate of drug-likeness (QED) is 0.275. The summed E-state index contributed by atoms with van der Waals surface area (Å²) in [4.78, 5) is 12.0. The first kappa shape index (κ1) is 26.1. The van der Waals surface area contributed by atoms with Gasteiger partial charge in [0.05, 0.1) is 18.8 Å². The van der Waals surface area contributed by atoms with Crippen molar-refractivity contribution in [3.8, 4) is 5.75 Å². The second-order valence-electron chi connectivity index (χ2n) is 7.91. The molecule has 0 aliphatic carbocycles. The van der Waals surface area contributed by atoms with Crippen LogP contribution in [0, 0.1) is 5.82 Å². The molecule has 2 rings (SSSR count). The maximum absolute atomic E-state index is 14.9. The first-order valence-corrected chi connectivity index (χ1v) is 11.2. The van der Waals surface area contributed by atoms with E-state index in [0.29, 0.717) is 23.5 Å². The summed E-state index contributed by atoms with van der Waals surface area (Å²) in [5.74, 6) is -0.174. The first-order chi connectivity index (χ1) is 15.7. The summed E-state index contributed by atoms with van der Waals surface area (Å²) in [6, 6.07) is 10.7. The molecule has 1 atom stereocenters. The second kappa shape index (κ2) is 12.2. The molecule has 3 N–H and O–H groups in total. The fourth-order valence-corrected chi connectivity index (χ4v) is 3.39. The number of hydrogen-bond donors (Lipinski definition) is 2. The van der Waals surface area contributed by atoms with E-state index in [2.05, 4.69) is 0 Å². The van der Waals surface area contributed by atoms with Gasteiger partial charge in [0.15, 0.2) is 0 Å². The number of esters is 1. The van der Waals surface area contributed by atoms with E-state index in [1.807, 2.05) is 39.0 Å². The van der Waals surface area contributed by atoms with E-state index in [1.165, 1.54) is 6.92 Å². The number of rotatable bonds is 10. The van der Waals surface area contributed by atoms with Crippen molar-refractivity contribution >= 4 is 11.5 Å². The Labute approximate surface area is 195 Å². The molecule has 0 aliphatic rings. The normalized spacial score (nSPS) is 13.4. The summed E-state index contributed by atoms with van der Waals surface area (Å²) in [6.07, 6.45) is 2.26. The predicted octanol–water partition coefficient (Wildman–Crippen LogP) is 5.66. The van der Waals surface area contributed by atoms with Crippen molar-refractivity contribution in [3.05, 3.63) is 81.9 Å². The lowest BCUT2D eigenvalue weighted by Crippen LogP contribution is -2.16. The third-order valence-electron chi connectivity index (χ3n) is 5.48. The van der Waals surface area contributed by atoms with Crippen molar-refractivity contribution in [1.29, 1.82) is 0 Å². The van der Waals surface area contributed by atoms with Gasteiger partial charge in [0.25, 0.3) is 0 Å². The second-order valence-corrected chi connectivity index (χ2v) is 7.91. The molecule has 0 spiro atoms. The van der Waals surface area contributed by atoms with Gasteiger partial charge in [-0.25, -0.2) is 4.39 Å². The number of carbonyl (C=O) groups is 1. The van der Waals surface area contributed by atoms with E-state index in [-0.39, 0.29) is 30.3 Å². The molecule has 0 bridgehead atoms. The molecule has 6 heteroatoms. The molecule has 1 unspecified atom stereocenters. The standard InChI is InChI=1S/C27H34FNO4/c1-6-20-11-12-21(15-26(31)32-7-2)25(14-20)33-19(5)17(3)13-24(18(4)30)23-10-8-9-22(16-29)27(23)28/h8-14,19,30H,6-7,15-16,29H2,1-5H3/b17-13+,24-18-. The number of hydrogen-bond acceptors (Lipinski definition) is 5. The summed E-state index contributed by atoms with van der Waals surface area (Å²) < 4.78 is 26.2. The third kappa shape index (κ3) is 6.93. The van der Waals surface area contributed by atoms with E-state index >= 15 is 0 Å². The van der Waals surface area contributed by atoms with Crippen LogP contribution >= 0.6 is 0 Å². The zero-order valence-corrected chi connectivity index (χ0v) is 20.1. The van der Waals surface area contributed by atoms with Crippen molar-refractivity contribution in [1.82, 2.24) is 0 Å². The van der Waals surface area contributed by atoms with Crippen LogP contribution in [0.25, 0.3) is 5.57 Å². The maximum Gasteiger partial charge on any atom is 0.310 e. The van der Waals surface area contributed by atoms with Crippen LogP contribution in [0.5, 0.6) is 5.75 Å². The zero-order chi connectivity index (χ0) is 24.5. The highest BCUT2D eigenvalue weighted by molar-refractivity contribution is 5.77. The van der Waals surface area contributed by atoms with Crippen molar-refractivity contribution in [2.45, 2.75) is 60.1 Å². The molecule has 178 valence electrons. The van der Waals surface area contributed by atoms with Crippen molar-refractivity contribution in [2.24, 2.45) is 5.73 Å². The SMILES string of the molecule is CCOC(=O)Cc1ccc(CC)cc1OC(C)/C(C)=C/C(=C(\C)O)c1cccc(CN)c1F. The van der Waals surface area contributed by atoms with E-state index < -0.39 is 11.9 Å². The number of benzene rings is 2. The molecule has 33 heavy (non-hydrogen) atoms. The molecule has 0 saturated carbocycles. The molecular formula is C27H34FNO4. The Morgan fingerprint density at radius 2 is 1.91 bits per heavy atom. The summed E-state index contributed by atoms with van der Waals surface area (Å²) >= 11 is 0. The van der Waals surface area contributed by atoms with Gasteiger partial charge in [-0.1, -0.05) is 37.3 Å². The van der Waals surface area contributed by atoms with E-state index in [1.54, 1.807) is 31.2 Å². The number of nitrogens with two attached hydrogens (primary N) is 1. The lowest BCUT2D eigenvalue weighted by atomic mass is 9.98. The van der Waals surface area contributed by atoms with Gasteiger partial charge in [-0.3, -0.25) is 4.79 Å². The molecule has 0 amide bonds. The Balaban J connectivity index is 2.36. The van der Waals surface area contributed by atoms with E-state index in [9.17, 15) is 14.3 Å². The van der Waals surface area contributed by atoms with Crippen LogP contribution < -0.4 is 10.5 Å². The average molecular weight is 456 g/mol. The topological polar surface area (TPSA) is 81.8 Å².